The van der Waals surface area contributed by atoms with E-state index in [4.69, 9.17) is 4.74 Å². The number of benzene rings is 1. The van der Waals surface area contributed by atoms with Gasteiger partial charge in [-0.15, -0.1) is 0 Å². The highest BCUT2D eigenvalue weighted by molar-refractivity contribution is 5.90. The molecule has 0 radical (unpaired) electrons. The summed E-state index contributed by atoms with van der Waals surface area (Å²) in [6.45, 7) is 3.09. The summed E-state index contributed by atoms with van der Waals surface area (Å²) in [5.41, 5.74) is -1.08. The summed E-state index contributed by atoms with van der Waals surface area (Å²) in [5.74, 6) is 0. The van der Waals surface area contributed by atoms with Crippen molar-refractivity contribution >= 4 is 11.7 Å². The molecule has 1 aliphatic heterocycles. The van der Waals surface area contributed by atoms with Crippen molar-refractivity contribution in [1.82, 2.24) is 4.90 Å². The van der Waals surface area contributed by atoms with Gasteiger partial charge in [-0.3, -0.25) is 0 Å². The molecule has 2 amide bonds. The first-order chi connectivity index (χ1) is 9.91. The third-order valence-corrected chi connectivity index (χ3v) is 3.36. The second-order valence-corrected chi connectivity index (χ2v) is 4.82. The Bertz CT molecular complexity index is 505. The van der Waals surface area contributed by atoms with Crippen LogP contribution in [0.5, 0.6) is 0 Å². The van der Waals surface area contributed by atoms with Gasteiger partial charge in [-0.1, -0.05) is 19.1 Å². The number of carbonyl (C=O) groups is 1. The molecule has 0 aromatic heterocycles. The van der Waals surface area contributed by atoms with Crippen molar-refractivity contribution in [2.75, 3.05) is 25.0 Å². The van der Waals surface area contributed by atoms with Crippen molar-refractivity contribution in [2.45, 2.75) is 25.6 Å². The quantitative estimate of drug-likeness (QED) is 0.910. The first-order valence-corrected chi connectivity index (χ1v) is 6.75. The molecule has 0 bridgehead atoms. The number of nitrogens with one attached hydrogen (secondary N) is 1. The fraction of sp³-hybridized carbons (Fsp3) is 0.500. The summed E-state index contributed by atoms with van der Waals surface area (Å²) in [6.07, 6.45) is -3.81. The molecule has 1 aromatic carbocycles. The number of hydrogen-bond donors (Lipinski definition) is 1. The Morgan fingerprint density at radius 3 is 2.81 bits per heavy atom. The predicted octanol–water partition coefficient (Wildman–Crippen LogP) is 3.35. The highest BCUT2D eigenvalue weighted by Gasteiger charge is 2.34. The Morgan fingerprint density at radius 2 is 2.14 bits per heavy atom. The number of ether oxygens (including phenoxy) is 1. The molecule has 1 aromatic rings. The van der Waals surface area contributed by atoms with Gasteiger partial charge in [-0.2, -0.15) is 13.2 Å². The summed E-state index contributed by atoms with van der Waals surface area (Å²) >= 11 is 0. The molecule has 21 heavy (non-hydrogen) atoms. The number of amides is 2. The van der Waals surface area contributed by atoms with E-state index >= 15 is 0 Å². The number of carbonyl (C=O) groups excluding carboxylic acids is 1. The Hall–Kier alpha value is -1.76. The highest BCUT2D eigenvalue weighted by atomic mass is 19.4. The van der Waals surface area contributed by atoms with Gasteiger partial charge in [-0.25, -0.2) is 4.79 Å². The van der Waals surface area contributed by atoms with Crippen molar-refractivity contribution in [3.8, 4) is 0 Å². The maximum atomic E-state index is 12.9. The van der Waals surface area contributed by atoms with E-state index in [1.54, 1.807) is 0 Å². The Balaban J connectivity index is 2.10. The summed E-state index contributed by atoms with van der Waals surface area (Å²) in [4.78, 5) is 13.6. The lowest BCUT2D eigenvalue weighted by molar-refractivity contribution is -0.136. The molecular formula is C14H17F3N2O2. The van der Waals surface area contributed by atoms with Gasteiger partial charge < -0.3 is 15.0 Å². The molecule has 116 valence electrons. The van der Waals surface area contributed by atoms with Crippen LogP contribution in [-0.2, 0) is 10.9 Å². The fourth-order valence-electron chi connectivity index (χ4n) is 2.18. The van der Waals surface area contributed by atoms with E-state index in [1.807, 2.05) is 6.92 Å². The van der Waals surface area contributed by atoms with E-state index in [1.165, 1.54) is 23.1 Å². The first-order valence-electron chi connectivity index (χ1n) is 6.75. The van der Waals surface area contributed by atoms with Gasteiger partial charge in [0.1, 0.15) is 0 Å². The molecule has 1 fully saturated rings. The van der Waals surface area contributed by atoms with E-state index in [0.29, 0.717) is 19.7 Å². The van der Waals surface area contributed by atoms with Crippen LogP contribution < -0.4 is 5.32 Å². The van der Waals surface area contributed by atoms with E-state index < -0.39 is 17.8 Å². The van der Waals surface area contributed by atoms with Crippen molar-refractivity contribution < 1.29 is 22.7 Å². The largest absolute Gasteiger partial charge is 0.418 e. The Morgan fingerprint density at radius 1 is 1.43 bits per heavy atom. The van der Waals surface area contributed by atoms with Gasteiger partial charge in [0.2, 0.25) is 0 Å². The zero-order valence-corrected chi connectivity index (χ0v) is 11.6. The van der Waals surface area contributed by atoms with Gasteiger partial charge in [0.15, 0.2) is 0 Å². The molecule has 7 heteroatoms. The van der Waals surface area contributed by atoms with Gasteiger partial charge in [0.25, 0.3) is 0 Å². The lowest BCUT2D eigenvalue weighted by atomic mass is 10.1. The maximum absolute atomic E-state index is 12.9. The minimum atomic E-state index is -4.50. The molecule has 0 spiro atoms. The highest BCUT2D eigenvalue weighted by Crippen LogP contribution is 2.34. The van der Waals surface area contributed by atoms with Crippen molar-refractivity contribution in [3.63, 3.8) is 0 Å². The van der Waals surface area contributed by atoms with Crippen LogP contribution >= 0.6 is 0 Å². The maximum Gasteiger partial charge on any atom is 0.418 e. The van der Waals surface area contributed by atoms with Crippen LogP contribution in [0.1, 0.15) is 18.9 Å². The zero-order chi connectivity index (χ0) is 15.5. The first kappa shape index (κ1) is 15.6. The molecule has 1 N–H and O–H groups in total. The van der Waals surface area contributed by atoms with E-state index in [0.717, 1.165) is 12.5 Å². The monoisotopic (exact) mass is 302 g/mol. The standard InChI is InChI=1S/C14H17F3N2O2/c1-2-10-9-19(7-8-21-10)13(20)18-12-6-4-3-5-11(12)14(15,16)17/h3-6,10H,2,7-9H2,1H3,(H,18,20). The number of para-hydroxylation sites is 1. The lowest BCUT2D eigenvalue weighted by Crippen LogP contribution is -2.47. The minimum Gasteiger partial charge on any atom is -0.375 e. The molecule has 0 aliphatic carbocycles. The number of anilines is 1. The number of hydrogen-bond acceptors (Lipinski definition) is 2. The second kappa shape index (κ2) is 6.34. The van der Waals surface area contributed by atoms with Gasteiger partial charge >= 0.3 is 12.2 Å². The van der Waals surface area contributed by atoms with E-state index in [9.17, 15) is 18.0 Å². The zero-order valence-electron chi connectivity index (χ0n) is 11.6. The lowest BCUT2D eigenvalue weighted by Gasteiger charge is -2.32. The fourth-order valence-corrected chi connectivity index (χ4v) is 2.18. The smallest absolute Gasteiger partial charge is 0.375 e. The van der Waals surface area contributed by atoms with E-state index in [-0.39, 0.29) is 11.8 Å². The van der Waals surface area contributed by atoms with Crippen LogP contribution in [0.25, 0.3) is 0 Å². The number of nitrogens with zero attached hydrogens (tertiary/aromatic N) is 1. The number of rotatable bonds is 2. The summed E-state index contributed by atoms with van der Waals surface area (Å²) < 4.78 is 44.1. The average Bonchev–Trinajstić information content (AvgIpc) is 2.46. The Labute approximate surface area is 120 Å². The molecule has 1 aliphatic rings. The average molecular weight is 302 g/mol. The number of morpholine rings is 1. The molecule has 1 saturated heterocycles. The number of alkyl halides is 3. The van der Waals surface area contributed by atoms with Crippen molar-refractivity contribution in [2.24, 2.45) is 0 Å². The Kier molecular flexibility index (Phi) is 4.72. The summed E-state index contributed by atoms with van der Waals surface area (Å²) in [6, 6.07) is 4.41. The summed E-state index contributed by atoms with van der Waals surface area (Å²) in [7, 11) is 0. The molecule has 1 unspecified atom stereocenters. The molecular weight excluding hydrogens is 285 g/mol. The van der Waals surface area contributed by atoms with Crippen LogP contribution in [0, 0.1) is 0 Å². The predicted molar refractivity (Wildman–Crippen MR) is 72.1 cm³/mol. The van der Waals surface area contributed by atoms with Gasteiger partial charge in [-0.05, 0) is 18.6 Å². The minimum absolute atomic E-state index is 0.0673. The number of halogens is 3. The van der Waals surface area contributed by atoms with Crippen molar-refractivity contribution in [1.29, 1.82) is 0 Å². The van der Waals surface area contributed by atoms with Crippen LogP contribution in [0.3, 0.4) is 0 Å². The molecule has 1 heterocycles. The summed E-state index contributed by atoms with van der Waals surface area (Å²) in [5, 5.41) is 2.34. The normalized spacial score (nSPS) is 19.4. The number of urea groups is 1. The SMILES string of the molecule is CCC1CN(C(=O)Nc2ccccc2C(F)(F)F)CCO1. The van der Waals surface area contributed by atoms with Gasteiger partial charge in [0.05, 0.1) is 24.0 Å². The van der Waals surface area contributed by atoms with Crippen LogP contribution in [0.4, 0.5) is 23.7 Å². The molecule has 4 nitrogen and oxygen atoms in total. The molecule has 2 rings (SSSR count). The topological polar surface area (TPSA) is 41.6 Å². The van der Waals surface area contributed by atoms with Crippen LogP contribution in [-0.4, -0.2) is 36.7 Å². The van der Waals surface area contributed by atoms with Crippen LogP contribution in [0.2, 0.25) is 0 Å². The van der Waals surface area contributed by atoms with E-state index in [2.05, 4.69) is 5.32 Å². The third kappa shape index (κ3) is 3.87. The molecule has 0 saturated carbocycles. The third-order valence-electron chi connectivity index (χ3n) is 3.36. The van der Waals surface area contributed by atoms with Crippen LogP contribution in [0.15, 0.2) is 24.3 Å². The second-order valence-electron chi connectivity index (χ2n) is 4.82. The van der Waals surface area contributed by atoms with Crippen molar-refractivity contribution in [3.05, 3.63) is 29.8 Å². The molecule has 1 atom stereocenters. The van der Waals surface area contributed by atoms with Gasteiger partial charge in [0, 0.05) is 13.1 Å².